The average molecular weight is 318 g/mol. The van der Waals surface area contributed by atoms with E-state index in [9.17, 15) is 23.6 Å². The summed E-state index contributed by atoms with van der Waals surface area (Å²) in [5, 5.41) is 20.5. The van der Waals surface area contributed by atoms with Crippen LogP contribution < -0.4 is 4.72 Å². The summed E-state index contributed by atoms with van der Waals surface area (Å²) in [6.07, 6.45) is 0.270. The summed E-state index contributed by atoms with van der Waals surface area (Å²) in [5.41, 5.74) is -1.44. The first kappa shape index (κ1) is 17.5. The molecule has 8 nitrogen and oxygen atoms in total. The molecule has 0 aliphatic heterocycles. The molecule has 0 aliphatic carbocycles. The molecule has 1 aromatic carbocycles. The van der Waals surface area contributed by atoms with Gasteiger partial charge in [0, 0.05) is 38.8 Å². The van der Waals surface area contributed by atoms with Gasteiger partial charge in [-0.15, -0.1) is 0 Å². The molecular formula is C12H18N2O6S. The number of benzene rings is 1. The van der Waals surface area contributed by atoms with Gasteiger partial charge in [-0.05, 0) is 19.1 Å². The molecule has 0 heterocycles. The molecule has 0 aliphatic rings. The largest absolute Gasteiger partial charge is 0.389 e. The minimum atomic E-state index is -3.83. The second kappa shape index (κ2) is 6.94. The topological polar surface area (TPSA) is 119 Å². The molecule has 0 fully saturated rings. The van der Waals surface area contributed by atoms with Crippen LogP contribution in [0.1, 0.15) is 13.3 Å². The van der Waals surface area contributed by atoms with Crippen molar-refractivity contribution in [3.8, 4) is 0 Å². The average Bonchev–Trinajstić information content (AvgIpc) is 2.43. The Kier molecular flexibility index (Phi) is 5.78. The van der Waals surface area contributed by atoms with Crippen LogP contribution in [0.5, 0.6) is 0 Å². The van der Waals surface area contributed by atoms with Crippen molar-refractivity contribution in [1.29, 1.82) is 0 Å². The van der Waals surface area contributed by atoms with Gasteiger partial charge in [0.15, 0.2) is 0 Å². The maximum Gasteiger partial charge on any atom is 0.269 e. The van der Waals surface area contributed by atoms with Crippen LogP contribution in [-0.2, 0) is 14.8 Å². The predicted octanol–water partition coefficient (Wildman–Crippen LogP) is 0.661. The Morgan fingerprint density at radius 1 is 1.38 bits per heavy atom. The molecule has 0 aromatic heterocycles. The van der Waals surface area contributed by atoms with Crippen LogP contribution in [0.15, 0.2) is 29.2 Å². The molecule has 0 spiro atoms. The molecule has 0 bridgehead atoms. The molecule has 2 N–H and O–H groups in total. The van der Waals surface area contributed by atoms with E-state index in [0.29, 0.717) is 6.61 Å². The van der Waals surface area contributed by atoms with Crippen molar-refractivity contribution < 1.29 is 23.2 Å². The van der Waals surface area contributed by atoms with Gasteiger partial charge in [0.25, 0.3) is 5.69 Å². The van der Waals surface area contributed by atoms with Crippen LogP contribution in [0, 0.1) is 10.1 Å². The monoisotopic (exact) mass is 318 g/mol. The Bertz CT molecular complexity index is 582. The van der Waals surface area contributed by atoms with Crippen molar-refractivity contribution in [2.45, 2.75) is 23.8 Å². The molecular weight excluding hydrogens is 300 g/mol. The standard InChI is InChI=1S/C12H18N2O6S/c1-12(15,7-8-20-2)9-13-21(18,19)11-5-3-10(4-6-11)14(16)17/h3-6,13,15H,7-9H2,1-2H3. The van der Waals surface area contributed by atoms with E-state index in [2.05, 4.69) is 4.72 Å². The highest BCUT2D eigenvalue weighted by molar-refractivity contribution is 7.89. The van der Waals surface area contributed by atoms with Gasteiger partial charge in [0.05, 0.1) is 15.4 Å². The van der Waals surface area contributed by atoms with Gasteiger partial charge in [-0.1, -0.05) is 0 Å². The quantitative estimate of drug-likeness (QED) is 0.537. The summed E-state index contributed by atoms with van der Waals surface area (Å²) in [4.78, 5) is 9.80. The van der Waals surface area contributed by atoms with E-state index in [1.54, 1.807) is 0 Å². The Hall–Kier alpha value is -1.55. The fourth-order valence-electron chi connectivity index (χ4n) is 1.49. The number of hydrogen-bond donors (Lipinski definition) is 2. The zero-order valence-corrected chi connectivity index (χ0v) is 12.6. The zero-order valence-electron chi connectivity index (χ0n) is 11.8. The summed E-state index contributed by atoms with van der Waals surface area (Å²) in [5.74, 6) is 0. The molecule has 1 unspecified atom stereocenters. The number of hydrogen-bond acceptors (Lipinski definition) is 6. The van der Waals surface area contributed by atoms with Crippen molar-refractivity contribution in [2.75, 3.05) is 20.3 Å². The summed E-state index contributed by atoms with van der Waals surface area (Å²) in [7, 11) is -2.35. The summed E-state index contributed by atoms with van der Waals surface area (Å²) in [6, 6.07) is 4.50. The number of non-ortho nitro benzene ring substituents is 1. The van der Waals surface area contributed by atoms with Gasteiger partial charge in [0.2, 0.25) is 10.0 Å². The molecule has 1 atom stereocenters. The maximum atomic E-state index is 12.0. The lowest BCUT2D eigenvalue weighted by atomic mass is 10.0. The van der Waals surface area contributed by atoms with E-state index in [1.165, 1.54) is 14.0 Å². The van der Waals surface area contributed by atoms with E-state index < -0.39 is 20.5 Å². The Labute approximate surface area is 122 Å². The zero-order chi connectivity index (χ0) is 16.1. The number of ether oxygens (including phenoxy) is 1. The number of nitrogens with one attached hydrogen (secondary N) is 1. The predicted molar refractivity (Wildman–Crippen MR) is 75.4 cm³/mol. The molecule has 0 saturated heterocycles. The highest BCUT2D eigenvalue weighted by Crippen LogP contribution is 2.16. The number of nitro groups is 1. The minimum absolute atomic E-state index is 0.101. The number of methoxy groups -OCH3 is 1. The summed E-state index contributed by atoms with van der Waals surface area (Å²) < 4.78 is 31.1. The minimum Gasteiger partial charge on any atom is -0.389 e. The first-order chi connectivity index (χ1) is 9.68. The molecule has 118 valence electrons. The SMILES string of the molecule is COCCC(C)(O)CNS(=O)(=O)c1ccc([N+](=O)[O-])cc1. The van der Waals surface area contributed by atoms with Crippen molar-refractivity contribution in [3.05, 3.63) is 34.4 Å². The van der Waals surface area contributed by atoms with Crippen LogP contribution in [0.2, 0.25) is 0 Å². The van der Waals surface area contributed by atoms with Crippen molar-refractivity contribution >= 4 is 15.7 Å². The molecule has 1 aromatic rings. The normalized spacial score (nSPS) is 14.6. The lowest BCUT2D eigenvalue weighted by Crippen LogP contribution is -2.41. The Morgan fingerprint density at radius 3 is 2.43 bits per heavy atom. The van der Waals surface area contributed by atoms with Gasteiger partial charge < -0.3 is 9.84 Å². The lowest BCUT2D eigenvalue weighted by molar-refractivity contribution is -0.384. The fraction of sp³-hybridized carbons (Fsp3) is 0.500. The highest BCUT2D eigenvalue weighted by atomic mass is 32.2. The molecule has 9 heteroatoms. The number of aliphatic hydroxyl groups is 1. The molecule has 0 saturated carbocycles. The molecule has 0 radical (unpaired) electrons. The van der Waals surface area contributed by atoms with Crippen LogP contribution >= 0.6 is 0 Å². The number of rotatable bonds is 8. The molecule has 1 rings (SSSR count). The third-order valence-electron chi connectivity index (χ3n) is 2.85. The number of nitrogens with zero attached hydrogens (tertiary/aromatic N) is 1. The fourth-order valence-corrected chi connectivity index (χ4v) is 2.65. The third-order valence-corrected chi connectivity index (χ3v) is 4.26. The van der Waals surface area contributed by atoms with Crippen LogP contribution in [0.25, 0.3) is 0 Å². The summed E-state index contributed by atoms with van der Waals surface area (Å²) >= 11 is 0. The van der Waals surface area contributed by atoms with E-state index >= 15 is 0 Å². The van der Waals surface area contributed by atoms with Crippen molar-refractivity contribution in [1.82, 2.24) is 4.72 Å². The van der Waals surface area contributed by atoms with Crippen molar-refractivity contribution in [2.24, 2.45) is 0 Å². The van der Waals surface area contributed by atoms with Crippen molar-refractivity contribution in [3.63, 3.8) is 0 Å². The maximum absolute atomic E-state index is 12.0. The van der Waals surface area contributed by atoms with Gasteiger partial charge in [-0.25, -0.2) is 13.1 Å². The van der Waals surface area contributed by atoms with Crippen LogP contribution in [0.3, 0.4) is 0 Å². The lowest BCUT2D eigenvalue weighted by Gasteiger charge is -2.23. The number of nitro benzene ring substituents is 1. The smallest absolute Gasteiger partial charge is 0.269 e. The molecule has 0 amide bonds. The van der Waals surface area contributed by atoms with E-state index in [0.717, 1.165) is 24.3 Å². The Balaban J connectivity index is 2.75. The van der Waals surface area contributed by atoms with Crippen LogP contribution in [0.4, 0.5) is 5.69 Å². The second-order valence-corrected chi connectivity index (χ2v) is 6.58. The summed E-state index contributed by atoms with van der Waals surface area (Å²) in [6.45, 7) is 1.60. The van der Waals surface area contributed by atoms with E-state index in [-0.39, 0.29) is 23.5 Å². The van der Waals surface area contributed by atoms with E-state index in [1.807, 2.05) is 0 Å². The molecule has 21 heavy (non-hydrogen) atoms. The Morgan fingerprint density at radius 2 is 1.95 bits per heavy atom. The van der Waals surface area contributed by atoms with E-state index in [4.69, 9.17) is 4.74 Å². The van der Waals surface area contributed by atoms with Gasteiger partial charge in [-0.2, -0.15) is 0 Å². The first-order valence-electron chi connectivity index (χ1n) is 6.13. The van der Waals surface area contributed by atoms with Crippen LogP contribution in [-0.4, -0.2) is 44.3 Å². The van der Waals surface area contributed by atoms with Gasteiger partial charge in [0.1, 0.15) is 0 Å². The third kappa shape index (κ3) is 5.38. The number of sulfonamides is 1. The second-order valence-electron chi connectivity index (χ2n) is 4.82. The van der Waals surface area contributed by atoms with Gasteiger partial charge in [-0.3, -0.25) is 10.1 Å². The first-order valence-corrected chi connectivity index (χ1v) is 7.62. The highest BCUT2D eigenvalue weighted by Gasteiger charge is 2.24. The van der Waals surface area contributed by atoms with Gasteiger partial charge >= 0.3 is 0 Å².